The molecule has 1 N–H and O–H groups in total. The summed E-state index contributed by atoms with van der Waals surface area (Å²) in [5, 5.41) is 4.59. The fourth-order valence-electron chi connectivity index (χ4n) is 3.63. The van der Waals surface area contributed by atoms with Crippen LogP contribution in [0, 0.1) is 13.8 Å². The molecule has 0 spiro atoms. The molecule has 0 bridgehead atoms. The number of morpholine rings is 1. The molecule has 0 amide bonds. The first-order valence-electron chi connectivity index (χ1n) is 9.47. The molecule has 4 heterocycles. The largest absolute Gasteiger partial charge is 0.379 e. The number of nitrogens with one attached hydrogen (secondary N) is 1. The molecule has 1 fully saturated rings. The van der Waals surface area contributed by atoms with Crippen LogP contribution in [0.5, 0.6) is 0 Å². The van der Waals surface area contributed by atoms with Gasteiger partial charge in [0.05, 0.1) is 18.6 Å². The number of aryl methyl sites for hydroxylation is 1. The standard InChI is InChI=1S/C20H26N6O/c1-15-16(2)26(8-7-25-9-11-27-12-10-25)20-18(15)19(23-14-24-20)22-13-17-3-5-21-6-4-17/h3-6,14H,7-13H2,1-2H3,(H,22,23,24). The Kier molecular flexibility index (Phi) is 5.31. The van der Waals surface area contributed by atoms with E-state index in [9.17, 15) is 0 Å². The molecular formula is C20H26N6O. The van der Waals surface area contributed by atoms with Gasteiger partial charge in [0, 0.05) is 50.8 Å². The molecule has 27 heavy (non-hydrogen) atoms. The van der Waals surface area contributed by atoms with E-state index in [2.05, 4.69) is 43.6 Å². The van der Waals surface area contributed by atoms with Gasteiger partial charge in [-0.15, -0.1) is 0 Å². The maximum Gasteiger partial charge on any atom is 0.145 e. The zero-order valence-electron chi connectivity index (χ0n) is 16.0. The van der Waals surface area contributed by atoms with E-state index >= 15 is 0 Å². The first-order chi connectivity index (χ1) is 13.2. The smallest absolute Gasteiger partial charge is 0.145 e. The number of rotatable bonds is 6. The van der Waals surface area contributed by atoms with Crippen LogP contribution in [0.1, 0.15) is 16.8 Å². The van der Waals surface area contributed by atoms with Crippen LogP contribution in [0.4, 0.5) is 5.82 Å². The number of hydrogen-bond acceptors (Lipinski definition) is 6. The van der Waals surface area contributed by atoms with Crippen LogP contribution in [-0.4, -0.2) is 57.3 Å². The number of nitrogens with zero attached hydrogens (tertiary/aromatic N) is 5. The summed E-state index contributed by atoms with van der Waals surface area (Å²) in [6, 6.07) is 4.02. The van der Waals surface area contributed by atoms with Gasteiger partial charge in [0.1, 0.15) is 17.8 Å². The molecular weight excluding hydrogens is 340 g/mol. The summed E-state index contributed by atoms with van der Waals surface area (Å²) in [7, 11) is 0. The van der Waals surface area contributed by atoms with Gasteiger partial charge in [0.2, 0.25) is 0 Å². The minimum atomic E-state index is 0.714. The third kappa shape index (κ3) is 3.79. The number of anilines is 1. The van der Waals surface area contributed by atoms with Crippen molar-refractivity contribution >= 4 is 16.9 Å². The van der Waals surface area contributed by atoms with Crippen molar-refractivity contribution in [1.82, 2.24) is 24.4 Å². The first kappa shape index (κ1) is 17.9. The third-order valence-electron chi connectivity index (χ3n) is 5.36. The van der Waals surface area contributed by atoms with Crippen molar-refractivity contribution in [3.63, 3.8) is 0 Å². The van der Waals surface area contributed by atoms with E-state index in [0.717, 1.165) is 56.2 Å². The Hall–Kier alpha value is -2.51. The minimum absolute atomic E-state index is 0.714. The highest BCUT2D eigenvalue weighted by molar-refractivity contribution is 5.91. The molecule has 4 rings (SSSR count). The maximum atomic E-state index is 5.45. The number of fused-ring (bicyclic) bond motifs is 1. The third-order valence-corrected chi connectivity index (χ3v) is 5.36. The van der Waals surface area contributed by atoms with Gasteiger partial charge >= 0.3 is 0 Å². The van der Waals surface area contributed by atoms with Gasteiger partial charge in [-0.25, -0.2) is 9.97 Å². The molecule has 1 aliphatic heterocycles. The predicted octanol–water partition coefficient (Wildman–Crippen LogP) is 2.39. The summed E-state index contributed by atoms with van der Waals surface area (Å²) < 4.78 is 7.77. The van der Waals surface area contributed by atoms with E-state index in [4.69, 9.17) is 4.74 Å². The Morgan fingerprint density at radius 3 is 2.63 bits per heavy atom. The number of hydrogen-bond donors (Lipinski definition) is 1. The van der Waals surface area contributed by atoms with Gasteiger partial charge in [0.25, 0.3) is 0 Å². The monoisotopic (exact) mass is 366 g/mol. The molecule has 0 aliphatic carbocycles. The first-order valence-corrected chi connectivity index (χ1v) is 9.47. The summed E-state index contributed by atoms with van der Waals surface area (Å²) in [5.74, 6) is 0.891. The van der Waals surface area contributed by atoms with E-state index in [1.54, 1.807) is 6.33 Å². The fraction of sp³-hybridized carbons (Fsp3) is 0.450. The van der Waals surface area contributed by atoms with Crippen LogP contribution in [0.25, 0.3) is 11.0 Å². The van der Waals surface area contributed by atoms with E-state index in [1.165, 1.54) is 16.8 Å². The average molecular weight is 366 g/mol. The van der Waals surface area contributed by atoms with Gasteiger partial charge in [-0.3, -0.25) is 9.88 Å². The average Bonchev–Trinajstić information content (AvgIpc) is 2.97. The van der Waals surface area contributed by atoms with Gasteiger partial charge in [-0.1, -0.05) is 0 Å². The Labute approximate surface area is 159 Å². The minimum Gasteiger partial charge on any atom is -0.379 e. The zero-order chi connectivity index (χ0) is 18.6. The van der Waals surface area contributed by atoms with E-state index in [-0.39, 0.29) is 0 Å². The molecule has 0 atom stereocenters. The van der Waals surface area contributed by atoms with Gasteiger partial charge in [-0.2, -0.15) is 0 Å². The van der Waals surface area contributed by atoms with Crippen LogP contribution < -0.4 is 5.32 Å². The van der Waals surface area contributed by atoms with Gasteiger partial charge in [0.15, 0.2) is 0 Å². The summed E-state index contributed by atoms with van der Waals surface area (Å²) in [5.41, 5.74) is 4.68. The Bertz CT molecular complexity index is 902. The lowest BCUT2D eigenvalue weighted by atomic mass is 10.2. The Balaban J connectivity index is 1.57. The van der Waals surface area contributed by atoms with Crippen LogP contribution in [0.15, 0.2) is 30.9 Å². The molecule has 0 radical (unpaired) electrons. The topological polar surface area (TPSA) is 68.1 Å². The molecule has 0 aromatic carbocycles. The SMILES string of the molecule is Cc1c(C)n(CCN2CCOCC2)c2ncnc(NCc3ccncc3)c12. The molecule has 0 unspecified atom stereocenters. The second-order valence-electron chi connectivity index (χ2n) is 6.95. The molecule has 142 valence electrons. The van der Waals surface area contributed by atoms with E-state index < -0.39 is 0 Å². The van der Waals surface area contributed by atoms with Crippen molar-refractivity contribution in [3.8, 4) is 0 Å². The van der Waals surface area contributed by atoms with Crippen molar-refractivity contribution in [2.45, 2.75) is 26.9 Å². The van der Waals surface area contributed by atoms with Crippen LogP contribution in [0.3, 0.4) is 0 Å². The molecule has 1 aliphatic rings. The summed E-state index contributed by atoms with van der Waals surface area (Å²) in [4.78, 5) is 15.6. The van der Waals surface area contributed by atoms with Crippen LogP contribution >= 0.6 is 0 Å². The van der Waals surface area contributed by atoms with Gasteiger partial charge in [-0.05, 0) is 37.1 Å². The maximum absolute atomic E-state index is 5.45. The number of pyridine rings is 1. The van der Waals surface area contributed by atoms with Crippen LogP contribution in [-0.2, 0) is 17.8 Å². The van der Waals surface area contributed by atoms with Crippen molar-refractivity contribution in [3.05, 3.63) is 47.7 Å². The van der Waals surface area contributed by atoms with Crippen LogP contribution in [0.2, 0.25) is 0 Å². The van der Waals surface area contributed by atoms with E-state index in [1.807, 2.05) is 24.5 Å². The molecule has 7 nitrogen and oxygen atoms in total. The molecule has 0 saturated carbocycles. The molecule has 1 saturated heterocycles. The van der Waals surface area contributed by atoms with Crippen molar-refractivity contribution in [1.29, 1.82) is 0 Å². The van der Waals surface area contributed by atoms with E-state index in [0.29, 0.717) is 6.54 Å². The second kappa shape index (κ2) is 8.02. The van der Waals surface area contributed by atoms with Crippen molar-refractivity contribution in [2.75, 3.05) is 38.2 Å². The molecule has 7 heteroatoms. The predicted molar refractivity (Wildman–Crippen MR) is 106 cm³/mol. The molecule has 3 aromatic heterocycles. The van der Waals surface area contributed by atoms with Crippen molar-refractivity contribution < 1.29 is 4.74 Å². The normalized spacial score (nSPS) is 15.3. The number of ether oxygens (including phenoxy) is 1. The zero-order valence-corrected chi connectivity index (χ0v) is 16.0. The summed E-state index contributed by atoms with van der Waals surface area (Å²) in [6.45, 7) is 10.6. The quantitative estimate of drug-likeness (QED) is 0.722. The highest BCUT2D eigenvalue weighted by Crippen LogP contribution is 2.28. The highest BCUT2D eigenvalue weighted by atomic mass is 16.5. The lowest BCUT2D eigenvalue weighted by Gasteiger charge is -2.26. The Morgan fingerprint density at radius 1 is 1.07 bits per heavy atom. The fourth-order valence-corrected chi connectivity index (χ4v) is 3.63. The summed E-state index contributed by atoms with van der Waals surface area (Å²) in [6.07, 6.45) is 5.27. The lowest BCUT2D eigenvalue weighted by Crippen LogP contribution is -2.38. The van der Waals surface area contributed by atoms with Crippen molar-refractivity contribution in [2.24, 2.45) is 0 Å². The second-order valence-corrected chi connectivity index (χ2v) is 6.95. The summed E-state index contributed by atoms with van der Waals surface area (Å²) >= 11 is 0. The Morgan fingerprint density at radius 2 is 1.85 bits per heavy atom. The lowest BCUT2D eigenvalue weighted by molar-refractivity contribution is 0.0364. The highest BCUT2D eigenvalue weighted by Gasteiger charge is 2.17. The van der Waals surface area contributed by atoms with Gasteiger partial charge < -0.3 is 14.6 Å². The molecule has 3 aromatic rings. The number of aromatic nitrogens is 4.